The van der Waals surface area contributed by atoms with Gasteiger partial charge in [-0.1, -0.05) is 51.1 Å². The van der Waals surface area contributed by atoms with E-state index in [-0.39, 0.29) is 5.41 Å². The minimum atomic E-state index is -0.364. The summed E-state index contributed by atoms with van der Waals surface area (Å²) in [6, 6.07) is 10.5. The van der Waals surface area contributed by atoms with Crippen LogP contribution in [0.15, 0.2) is 47.1 Å². The van der Waals surface area contributed by atoms with Crippen molar-refractivity contribution >= 4 is 22.9 Å². The number of carbonyl (C=O) groups is 1. The van der Waals surface area contributed by atoms with Gasteiger partial charge in [0.15, 0.2) is 5.78 Å². The number of rotatable bonds is 3. The molecule has 0 radical (unpaired) electrons. The third-order valence-electron chi connectivity index (χ3n) is 5.89. The number of anilines is 1. The number of benzene rings is 1. The second kappa shape index (κ2) is 6.10. The van der Waals surface area contributed by atoms with Crippen LogP contribution in [0.5, 0.6) is 0 Å². The molecule has 1 aromatic heterocycles. The van der Waals surface area contributed by atoms with Crippen LogP contribution in [-0.4, -0.2) is 10.8 Å². The molecule has 4 rings (SSSR count). The van der Waals surface area contributed by atoms with E-state index in [9.17, 15) is 4.79 Å². The van der Waals surface area contributed by atoms with Crippen LogP contribution in [0.2, 0.25) is 0 Å². The Labute approximate surface area is 153 Å². The molecule has 4 heteroatoms. The van der Waals surface area contributed by atoms with Gasteiger partial charge >= 0.3 is 0 Å². The predicted molar refractivity (Wildman–Crippen MR) is 103 cm³/mol. The van der Waals surface area contributed by atoms with Crippen LogP contribution in [0.1, 0.15) is 50.5 Å². The van der Waals surface area contributed by atoms with Crippen LogP contribution in [0.4, 0.5) is 5.82 Å². The standard InChI is InChI=1S/C21H24N2OS/c1-4-21(15-8-6-5-7-9-15)18-16(23-20-19(21)25-12-22-20)10-14(13(2)3)11-17(18)24/h5-9,12-14,23H,4,10-11H2,1-3H3/t14-,21+/m0/s1. The molecule has 0 spiro atoms. The first-order valence-electron chi connectivity index (χ1n) is 9.11. The zero-order valence-electron chi connectivity index (χ0n) is 15.0. The lowest BCUT2D eigenvalue weighted by Crippen LogP contribution is -2.41. The quantitative estimate of drug-likeness (QED) is 0.830. The maximum absolute atomic E-state index is 13.3. The van der Waals surface area contributed by atoms with Gasteiger partial charge in [0, 0.05) is 17.7 Å². The first-order chi connectivity index (χ1) is 12.1. The van der Waals surface area contributed by atoms with Crippen LogP contribution in [0, 0.1) is 11.8 Å². The van der Waals surface area contributed by atoms with Gasteiger partial charge in [-0.3, -0.25) is 4.79 Å². The summed E-state index contributed by atoms with van der Waals surface area (Å²) in [7, 11) is 0. The van der Waals surface area contributed by atoms with Crippen LogP contribution < -0.4 is 5.32 Å². The zero-order valence-corrected chi connectivity index (χ0v) is 15.8. The van der Waals surface area contributed by atoms with Crippen molar-refractivity contribution in [3.63, 3.8) is 0 Å². The van der Waals surface area contributed by atoms with Gasteiger partial charge in [-0.25, -0.2) is 4.98 Å². The number of aromatic nitrogens is 1. The number of hydrogen-bond acceptors (Lipinski definition) is 4. The maximum atomic E-state index is 13.3. The second-order valence-corrected chi connectivity index (χ2v) is 8.32. The number of carbonyl (C=O) groups excluding carboxylic acids is 1. The minimum absolute atomic E-state index is 0.303. The number of Topliss-reactive ketones (excluding diaryl/α,β-unsaturated/α-hetero) is 1. The molecule has 2 atom stereocenters. The first-order valence-corrected chi connectivity index (χ1v) is 9.99. The number of nitrogens with zero attached hydrogens (tertiary/aromatic N) is 1. The molecule has 1 N–H and O–H groups in total. The third kappa shape index (κ3) is 2.38. The molecule has 3 nitrogen and oxygen atoms in total. The van der Waals surface area contributed by atoms with E-state index in [1.54, 1.807) is 11.3 Å². The lowest BCUT2D eigenvalue weighted by Gasteiger charge is -2.43. The molecule has 0 saturated heterocycles. The van der Waals surface area contributed by atoms with E-state index < -0.39 is 0 Å². The summed E-state index contributed by atoms with van der Waals surface area (Å²) in [5.41, 5.74) is 4.81. The number of allylic oxidation sites excluding steroid dienone is 2. The summed E-state index contributed by atoms with van der Waals surface area (Å²) >= 11 is 1.66. The fourth-order valence-corrected chi connectivity index (χ4v) is 5.50. The van der Waals surface area contributed by atoms with E-state index in [4.69, 9.17) is 0 Å². The average molecular weight is 353 g/mol. The molecule has 1 aliphatic heterocycles. The summed E-state index contributed by atoms with van der Waals surface area (Å²) in [5.74, 6) is 2.15. The Hall–Kier alpha value is -1.94. The van der Waals surface area contributed by atoms with Crippen molar-refractivity contribution in [2.45, 2.75) is 45.4 Å². The molecule has 25 heavy (non-hydrogen) atoms. The Balaban J connectivity index is 1.96. The number of ketones is 1. The smallest absolute Gasteiger partial charge is 0.162 e. The number of nitrogens with one attached hydrogen (secondary N) is 1. The van der Waals surface area contributed by atoms with Gasteiger partial charge in [0.1, 0.15) is 5.82 Å². The monoisotopic (exact) mass is 352 g/mol. The Bertz CT molecular complexity index is 837. The molecule has 0 unspecified atom stereocenters. The highest BCUT2D eigenvalue weighted by atomic mass is 32.1. The van der Waals surface area contributed by atoms with E-state index in [0.717, 1.165) is 29.9 Å². The summed E-state index contributed by atoms with van der Waals surface area (Å²) in [5, 5.41) is 3.51. The maximum Gasteiger partial charge on any atom is 0.162 e. The molecule has 2 aromatic rings. The Morgan fingerprint density at radius 1 is 1.28 bits per heavy atom. The van der Waals surface area contributed by atoms with Crippen molar-refractivity contribution in [3.05, 3.63) is 57.6 Å². The predicted octanol–water partition coefficient (Wildman–Crippen LogP) is 5.15. The zero-order chi connectivity index (χ0) is 17.6. The number of fused-ring (bicyclic) bond motifs is 1. The molecule has 1 aromatic carbocycles. The molecule has 2 aliphatic rings. The van der Waals surface area contributed by atoms with Crippen LogP contribution in [0.3, 0.4) is 0 Å². The Morgan fingerprint density at radius 3 is 2.72 bits per heavy atom. The van der Waals surface area contributed by atoms with E-state index in [0.29, 0.717) is 24.0 Å². The van der Waals surface area contributed by atoms with Crippen molar-refractivity contribution < 1.29 is 4.79 Å². The number of thiazole rings is 1. The molecular formula is C21H24N2OS. The second-order valence-electron chi connectivity index (χ2n) is 7.47. The van der Waals surface area contributed by atoms with E-state index in [1.165, 1.54) is 10.4 Å². The molecular weight excluding hydrogens is 328 g/mol. The summed E-state index contributed by atoms with van der Waals surface area (Å²) in [6.07, 6.45) is 2.45. The highest BCUT2D eigenvalue weighted by Gasteiger charge is 2.49. The van der Waals surface area contributed by atoms with Crippen molar-refractivity contribution in [1.29, 1.82) is 0 Å². The molecule has 0 fully saturated rings. The lowest BCUT2D eigenvalue weighted by atomic mass is 9.63. The highest BCUT2D eigenvalue weighted by Crippen LogP contribution is 2.54. The largest absolute Gasteiger partial charge is 0.342 e. The third-order valence-corrected chi connectivity index (χ3v) is 6.87. The van der Waals surface area contributed by atoms with Crippen molar-refractivity contribution in [2.75, 3.05) is 5.32 Å². The minimum Gasteiger partial charge on any atom is -0.342 e. The topological polar surface area (TPSA) is 42.0 Å². The lowest BCUT2D eigenvalue weighted by molar-refractivity contribution is -0.118. The molecule has 1 aliphatic carbocycles. The fraction of sp³-hybridized carbons (Fsp3) is 0.429. The SMILES string of the molecule is CC[C@@]1(c2ccccc2)C2=C(C[C@H](C(C)C)CC2=O)Nc2ncsc21. The molecule has 0 bridgehead atoms. The normalized spacial score (nSPS) is 25.6. The van der Waals surface area contributed by atoms with Gasteiger partial charge in [-0.2, -0.15) is 0 Å². The molecule has 130 valence electrons. The average Bonchev–Trinajstić information content (AvgIpc) is 3.09. The fourth-order valence-electron chi connectivity index (χ4n) is 4.46. The van der Waals surface area contributed by atoms with Gasteiger partial charge in [0.05, 0.1) is 15.8 Å². The van der Waals surface area contributed by atoms with Crippen molar-refractivity contribution in [2.24, 2.45) is 11.8 Å². The van der Waals surface area contributed by atoms with E-state index in [2.05, 4.69) is 55.3 Å². The van der Waals surface area contributed by atoms with Gasteiger partial charge in [-0.05, 0) is 30.2 Å². The van der Waals surface area contributed by atoms with Gasteiger partial charge in [0.25, 0.3) is 0 Å². The summed E-state index contributed by atoms with van der Waals surface area (Å²) in [6.45, 7) is 6.62. The van der Waals surface area contributed by atoms with Crippen molar-refractivity contribution in [1.82, 2.24) is 4.98 Å². The van der Waals surface area contributed by atoms with Crippen molar-refractivity contribution in [3.8, 4) is 0 Å². The van der Waals surface area contributed by atoms with E-state index >= 15 is 0 Å². The van der Waals surface area contributed by atoms with Crippen LogP contribution in [-0.2, 0) is 10.2 Å². The Morgan fingerprint density at radius 2 is 2.04 bits per heavy atom. The van der Waals surface area contributed by atoms with Gasteiger partial charge < -0.3 is 5.32 Å². The van der Waals surface area contributed by atoms with E-state index in [1.807, 2.05) is 11.6 Å². The molecule has 2 heterocycles. The van der Waals surface area contributed by atoms with Crippen LogP contribution in [0.25, 0.3) is 0 Å². The first kappa shape index (κ1) is 16.5. The summed E-state index contributed by atoms with van der Waals surface area (Å²) in [4.78, 5) is 19.1. The van der Waals surface area contributed by atoms with Gasteiger partial charge in [-0.15, -0.1) is 11.3 Å². The molecule has 0 amide bonds. The molecule has 0 saturated carbocycles. The van der Waals surface area contributed by atoms with Crippen LogP contribution >= 0.6 is 11.3 Å². The highest BCUT2D eigenvalue weighted by molar-refractivity contribution is 7.10. The van der Waals surface area contributed by atoms with Gasteiger partial charge in [0.2, 0.25) is 0 Å². The summed E-state index contributed by atoms with van der Waals surface area (Å²) < 4.78 is 0. The number of hydrogen-bond donors (Lipinski definition) is 1. The Kier molecular flexibility index (Phi) is 4.03.